The van der Waals surface area contributed by atoms with Gasteiger partial charge >= 0.3 is 0 Å². The van der Waals surface area contributed by atoms with Gasteiger partial charge in [-0.3, -0.25) is 0 Å². The summed E-state index contributed by atoms with van der Waals surface area (Å²) >= 11 is 5.31. The Morgan fingerprint density at radius 3 is 2.58 bits per heavy atom. The van der Waals surface area contributed by atoms with Gasteiger partial charge in [0.15, 0.2) is 0 Å². The van der Waals surface area contributed by atoms with Crippen LogP contribution in [0.25, 0.3) is 0 Å². The van der Waals surface area contributed by atoms with E-state index in [0.29, 0.717) is 5.92 Å². The van der Waals surface area contributed by atoms with Gasteiger partial charge < -0.3 is 5.11 Å². The van der Waals surface area contributed by atoms with E-state index >= 15 is 0 Å². The summed E-state index contributed by atoms with van der Waals surface area (Å²) in [6.07, 6.45) is 8.81. The third kappa shape index (κ3) is 4.05. The molecule has 1 nitrogen and oxygen atoms in total. The number of halogens is 1. The Labute approximate surface area is 129 Å². The Balaban J connectivity index is 1.89. The van der Waals surface area contributed by atoms with Crippen molar-refractivity contribution < 1.29 is 5.11 Å². The summed E-state index contributed by atoms with van der Waals surface area (Å²) in [5.74, 6) is 1.38. The van der Waals surface area contributed by atoms with Gasteiger partial charge in [-0.05, 0) is 53.6 Å². The molecule has 0 aromatic carbocycles. The van der Waals surface area contributed by atoms with Gasteiger partial charge in [0.25, 0.3) is 0 Å². The van der Waals surface area contributed by atoms with Crippen molar-refractivity contribution in [2.75, 3.05) is 0 Å². The predicted octanol–water partition coefficient (Wildman–Crippen LogP) is 5.85. The number of thiophene rings is 1. The largest absolute Gasteiger partial charge is 0.387 e. The van der Waals surface area contributed by atoms with Gasteiger partial charge in [0, 0.05) is 14.2 Å². The zero-order valence-electron chi connectivity index (χ0n) is 12.0. The second-order valence-electron chi connectivity index (χ2n) is 5.94. The molecule has 0 saturated heterocycles. The Kier molecular flexibility index (Phi) is 5.91. The number of aliphatic hydroxyl groups excluding tert-OH is 1. The molecule has 1 aromatic heterocycles. The Morgan fingerprint density at radius 2 is 2.05 bits per heavy atom. The van der Waals surface area contributed by atoms with Gasteiger partial charge in [0.2, 0.25) is 0 Å². The lowest BCUT2D eigenvalue weighted by atomic mass is 9.77. The summed E-state index contributed by atoms with van der Waals surface area (Å²) in [5.41, 5.74) is 0. The van der Waals surface area contributed by atoms with Crippen molar-refractivity contribution in [3.05, 3.63) is 20.3 Å². The highest BCUT2D eigenvalue weighted by atomic mass is 79.9. The third-order valence-corrected chi connectivity index (χ3v) is 6.45. The first-order chi connectivity index (χ1) is 9.11. The highest BCUT2D eigenvalue weighted by Crippen LogP contribution is 2.42. The molecule has 1 fully saturated rings. The van der Waals surface area contributed by atoms with Crippen LogP contribution in [0.3, 0.4) is 0 Å². The van der Waals surface area contributed by atoms with Gasteiger partial charge in [-0.25, -0.2) is 0 Å². The van der Waals surface area contributed by atoms with Crippen LogP contribution in [0.2, 0.25) is 0 Å². The summed E-state index contributed by atoms with van der Waals surface area (Å²) in [5, 5.41) is 10.6. The van der Waals surface area contributed by atoms with Crippen molar-refractivity contribution in [1.29, 1.82) is 0 Å². The number of rotatable bonds is 5. The Morgan fingerprint density at radius 1 is 1.37 bits per heavy atom. The van der Waals surface area contributed by atoms with Crippen molar-refractivity contribution in [3.8, 4) is 0 Å². The van der Waals surface area contributed by atoms with Gasteiger partial charge in [-0.15, -0.1) is 11.3 Å². The molecule has 1 N–H and O–H groups in total. The molecule has 108 valence electrons. The lowest BCUT2D eigenvalue weighted by Gasteiger charge is -2.31. The van der Waals surface area contributed by atoms with Crippen LogP contribution < -0.4 is 0 Å². The first-order valence-corrected chi connectivity index (χ1v) is 9.16. The van der Waals surface area contributed by atoms with E-state index in [1.54, 1.807) is 11.3 Å². The maximum Gasteiger partial charge on any atom is 0.0921 e. The highest BCUT2D eigenvalue weighted by molar-refractivity contribution is 9.10. The minimum Gasteiger partial charge on any atom is -0.387 e. The summed E-state index contributed by atoms with van der Waals surface area (Å²) in [4.78, 5) is 2.41. The lowest BCUT2D eigenvalue weighted by molar-refractivity contribution is 0.0743. The number of hydrogen-bond acceptors (Lipinski definition) is 2. The normalized spacial score (nSPS) is 25.5. The lowest BCUT2D eigenvalue weighted by Crippen LogP contribution is -2.20. The van der Waals surface area contributed by atoms with Crippen LogP contribution in [-0.4, -0.2) is 5.11 Å². The van der Waals surface area contributed by atoms with Gasteiger partial charge in [-0.2, -0.15) is 0 Å². The zero-order valence-corrected chi connectivity index (χ0v) is 14.4. The maximum absolute atomic E-state index is 10.6. The fourth-order valence-electron chi connectivity index (χ4n) is 3.20. The fraction of sp³-hybridized carbons (Fsp3) is 0.750. The topological polar surface area (TPSA) is 20.2 Å². The highest BCUT2D eigenvalue weighted by Gasteiger charge is 2.29. The predicted molar refractivity (Wildman–Crippen MR) is 86.7 cm³/mol. The molecule has 0 spiro atoms. The molecule has 1 heterocycles. The van der Waals surface area contributed by atoms with E-state index in [2.05, 4.69) is 35.8 Å². The van der Waals surface area contributed by atoms with E-state index in [9.17, 15) is 5.11 Å². The molecule has 1 aromatic rings. The van der Waals surface area contributed by atoms with Crippen LogP contribution in [0.1, 0.15) is 67.7 Å². The molecule has 1 aliphatic carbocycles. The van der Waals surface area contributed by atoms with Crippen LogP contribution >= 0.6 is 27.3 Å². The van der Waals surface area contributed by atoms with Gasteiger partial charge in [0.05, 0.1) is 6.10 Å². The molecule has 0 radical (unpaired) electrons. The monoisotopic (exact) mass is 344 g/mol. The molecule has 1 aliphatic rings. The number of hydrogen-bond donors (Lipinski definition) is 1. The van der Waals surface area contributed by atoms with Crippen LogP contribution in [-0.2, 0) is 0 Å². The van der Waals surface area contributed by atoms with Crippen LogP contribution in [0, 0.1) is 18.8 Å². The van der Waals surface area contributed by atoms with Crippen molar-refractivity contribution in [3.63, 3.8) is 0 Å². The maximum atomic E-state index is 10.6. The number of aryl methyl sites for hydroxylation is 1. The van der Waals surface area contributed by atoms with E-state index in [-0.39, 0.29) is 6.10 Å². The SMILES string of the molecule is CCCCC1CCC(C(O)c2sc(C)cc2Br)CC1. The Bertz CT molecular complexity index is 393. The van der Waals surface area contributed by atoms with Gasteiger partial charge in [0.1, 0.15) is 0 Å². The van der Waals surface area contributed by atoms with Crippen LogP contribution in [0.5, 0.6) is 0 Å². The number of aliphatic hydroxyl groups is 1. The Hall–Kier alpha value is 0.140. The van der Waals surface area contributed by atoms with E-state index in [1.807, 2.05) is 0 Å². The van der Waals surface area contributed by atoms with Gasteiger partial charge in [-0.1, -0.05) is 39.0 Å². The molecule has 2 rings (SSSR count). The average Bonchev–Trinajstić information content (AvgIpc) is 2.75. The molecular formula is C16H25BrOS. The molecule has 0 bridgehead atoms. The zero-order chi connectivity index (χ0) is 13.8. The summed E-state index contributed by atoms with van der Waals surface area (Å²) in [6.45, 7) is 4.37. The molecule has 0 amide bonds. The standard InChI is InChI=1S/C16H25BrOS/c1-3-4-5-12-6-8-13(9-7-12)15(18)16-14(17)10-11(2)19-16/h10,12-13,15,18H,3-9H2,1-2H3. The molecule has 0 aliphatic heterocycles. The minimum absolute atomic E-state index is 0.264. The second-order valence-corrected chi connectivity index (χ2v) is 8.08. The van der Waals surface area contributed by atoms with E-state index in [0.717, 1.165) is 15.3 Å². The van der Waals surface area contributed by atoms with Crippen molar-refractivity contribution in [2.45, 2.75) is 64.9 Å². The van der Waals surface area contributed by atoms with Crippen molar-refractivity contribution in [1.82, 2.24) is 0 Å². The summed E-state index contributed by atoms with van der Waals surface area (Å²) in [7, 11) is 0. The third-order valence-electron chi connectivity index (χ3n) is 4.41. The second kappa shape index (κ2) is 7.24. The molecule has 3 heteroatoms. The summed E-state index contributed by atoms with van der Waals surface area (Å²) in [6, 6.07) is 2.12. The molecule has 1 unspecified atom stereocenters. The molecular weight excluding hydrogens is 320 g/mol. The first kappa shape index (κ1) is 15.5. The average molecular weight is 345 g/mol. The molecule has 1 atom stereocenters. The molecule has 1 saturated carbocycles. The van der Waals surface area contributed by atoms with Crippen molar-refractivity contribution >= 4 is 27.3 Å². The fourth-order valence-corrected chi connectivity index (χ4v) is 5.17. The smallest absolute Gasteiger partial charge is 0.0921 e. The minimum atomic E-state index is -0.264. The molecule has 19 heavy (non-hydrogen) atoms. The number of unbranched alkanes of at least 4 members (excludes halogenated alkanes) is 1. The van der Waals surface area contributed by atoms with E-state index < -0.39 is 0 Å². The van der Waals surface area contributed by atoms with E-state index in [1.165, 1.54) is 49.8 Å². The summed E-state index contributed by atoms with van der Waals surface area (Å²) < 4.78 is 1.09. The van der Waals surface area contributed by atoms with Crippen LogP contribution in [0.15, 0.2) is 10.5 Å². The first-order valence-electron chi connectivity index (χ1n) is 7.55. The quantitative estimate of drug-likeness (QED) is 0.710. The van der Waals surface area contributed by atoms with E-state index in [4.69, 9.17) is 0 Å². The van der Waals surface area contributed by atoms with Crippen LogP contribution in [0.4, 0.5) is 0 Å². The van der Waals surface area contributed by atoms with Crippen molar-refractivity contribution in [2.24, 2.45) is 11.8 Å².